The summed E-state index contributed by atoms with van der Waals surface area (Å²) in [5, 5.41) is 0.313. The van der Waals surface area contributed by atoms with E-state index in [2.05, 4.69) is 20.9 Å². The van der Waals surface area contributed by atoms with Gasteiger partial charge in [-0.1, -0.05) is 35.8 Å². The Hall–Kier alpha value is -1.43. The van der Waals surface area contributed by atoms with Crippen LogP contribution in [0, 0.1) is 5.82 Å². The van der Waals surface area contributed by atoms with Gasteiger partial charge in [0.05, 0.1) is 11.3 Å². The van der Waals surface area contributed by atoms with Crippen molar-refractivity contribution >= 4 is 15.9 Å². The van der Waals surface area contributed by atoms with E-state index in [9.17, 15) is 17.6 Å². The lowest BCUT2D eigenvalue weighted by Gasteiger charge is -2.20. The predicted molar refractivity (Wildman–Crippen MR) is 87.8 cm³/mol. The van der Waals surface area contributed by atoms with Crippen molar-refractivity contribution in [2.24, 2.45) is 0 Å². The Morgan fingerprint density at radius 2 is 2.00 bits per heavy atom. The van der Waals surface area contributed by atoms with E-state index in [1.165, 1.54) is 18.3 Å². The third-order valence-electron chi connectivity index (χ3n) is 4.66. The van der Waals surface area contributed by atoms with Crippen molar-refractivity contribution in [3.63, 3.8) is 0 Å². The van der Waals surface area contributed by atoms with Gasteiger partial charge in [0.25, 0.3) is 0 Å². The van der Waals surface area contributed by atoms with Crippen molar-refractivity contribution in [3.05, 3.63) is 64.2 Å². The first kappa shape index (κ1) is 17.4. The monoisotopic (exact) mass is 401 g/mol. The van der Waals surface area contributed by atoms with Gasteiger partial charge >= 0.3 is 6.18 Å². The molecule has 0 saturated heterocycles. The molecule has 0 N–H and O–H groups in total. The lowest BCUT2D eigenvalue weighted by molar-refractivity contribution is -0.138. The fourth-order valence-electron chi connectivity index (χ4n) is 3.52. The van der Waals surface area contributed by atoms with E-state index in [1.807, 2.05) is 13.8 Å². The zero-order chi connectivity index (χ0) is 17.7. The highest BCUT2D eigenvalue weighted by Gasteiger charge is 2.43. The normalized spacial score (nSPS) is 19.4. The number of halogens is 5. The number of benzene rings is 1. The highest BCUT2D eigenvalue weighted by Crippen LogP contribution is 2.51. The molecule has 0 spiro atoms. The number of pyridine rings is 1. The molecule has 1 aromatic carbocycles. The van der Waals surface area contributed by atoms with Gasteiger partial charge in [0, 0.05) is 17.4 Å². The molecule has 0 radical (unpaired) electrons. The molecule has 0 amide bonds. The summed E-state index contributed by atoms with van der Waals surface area (Å²) >= 11 is 3.23. The number of aromatic nitrogens is 1. The fraction of sp³-hybridized carbons (Fsp3) is 0.389. The van der Waals surface area contributed by atoms with Gasteiger partial charge in [-0.25, -0.2) is 4.39 Å². The van der Waals surface area contributed by atoms with Crippen LogP contribution in [0.15, 0.2) is 30.5 Å². The van der Waals surface area contributed by atoms with Crippen LogP contribution >= 0.6 is 15.9 Å². The Labute approximate surface area is 146 Å². The zero-order valence-electron chi connectivity index (χ0n) is 13.2. The van der Waals surface area contributed by atoms with Crippen LogP contribution in [0.1, 0.15) is 54.1 Å². The van der Waals surface area contributed by atoms with E-state index in [0.29, 0.717) is 17.3 Å². The first-order valence-corrected chi connectivity index (χ1v) is 8.68. The average molecular weight is 402 g/mol. The summed E-state index contributed by atoms with van der Waals surface area (Å²) in [5.41, 5.74) is 0.827. The average Bonchev–Trinajstić information content (AvgIpc) is 2.77. The maximum Gasteiger partial charge on any atom is 0.418 e. The molecule has 0 saturated carbocycles. The molecule has 1 aliphatic carbocycles. The lowest BCUT2D eigenvalue weighted by atomic mass is 9.85. The highest BCUT2D eigenvalue weighted by molar-refractivity contribution is 9.08. The fourth-order valence-corrected chi connectivity index (χ4v) is 3.95. The van der Waals surface area contributed by atoms with E-state index >= 15 is 0 Å². The van der Waals surface area contributed by atoms with Gasteiger partial charge in [0.2, 0.25) is 0 Å². The Morgan fingerprint density at radius 3 is 2.62 bits per heavy atom. The van der Waals surface area contributed by atoms with Crippen LogP contribution in [-0.4, -0.2) is 4.98 Å². The molecule has 1 aromatic heterocycles. The summed E-state index contributed by atoms with van der Waals surface area (Å²) < 4.78 is 54.3. The quantitative estimate of drug-likeness (QED) is 0.447. The largest absolute Gasteiger partial charge is 0.418 e. The van der Waals surface area contributed by atoms with Crippen LogP contribution in [0.5, 0.6) is 0 Å². The molecular formula is C18H16BrF4N. The Bertz CT molecular complexity index is 783. The Balaban J connectivity index is 2.21. The second-order valence-corrected chi connectivity index (χ2v) is 7.30. The standard InChI is InChI=1S/C18H16BrF4N/c1-17(2)8-12(11-6-10(9-19)15(20)7-14(11)17)16-13(18(21,22)23)4-3-5-24-16/h3-7,12H,8-9H2,1-2H3. The minimum absolute atomic E-state index is 0.0176. The first-order chi connectivity index (χ1) is 11.1. The molecule has 1 unspecified atom stereocenters. The SMILES string of the molecule is CC1(C)CC(c2ncccc2C(F)(F)F)c2cc(CBr)c(F)cc21. The lowest BCUT2D eigenvalue weighted by Crippen LogP contribution is -2.16. The second kappa shape index (κ2) is 5.83. The molecule has 1 atom stereocenters. The van der Waals surface area contributed by atoms with Crippen LogP contribution in [0.3, 0.4) is 0 Å². The molecule has 0 bridgehead atoms. The molecule has 0 fully saturated rings. The van der Waals surface area contributed by atoms with Crippen LogP contribution in [0.4, 0.5) is 17.6 Å². The Morgan fingerprint density at radius 1 is 1.29 bits per heavy atom. The van der Waals surface area contributed by atoms with Gasteiger partial charge in [-0.05, 0) is 46.7 Å². The molecule has 6 heteroatoms. The molecule has 2 aromatic rings. The zero-order valence-corrected chi connectivity index (χ0v) is 14.8. The van der Waals surface area contributed by atoms with Crippen LogP contribution in [-0.2, 0) is 16.9 Å². The van der Waals surface area contributed by atoms with Gasteiger partial charge in [0.1, 0.15) is 5.82 Å². The van der Waals surface area contributed by atoms with Crippen molar-refractivity contribution in [2.75, 3.05) is 0 Å². The van der Waals surface area contributed by atoms with Gasteiger partial charge < -0.3 is 0 Å². The third kappa shape index (κ3) is 2.85. The second-order valence-electron chi connectivity index (χ2n) is 6.74. The third-order valence-corrected chi connectivity index (χ3v) is 5.26. The van der Waals surface area contributed by atoms with E-state index in [1.54, 1.807) is 6.07 Å². The molecule has 128 valence electrons. The number of rotatable bonds is 2. The van der Waals surface area contributed by atoms with Crippen molar-refractivity contribution in [1.29, 1.82) is 0 Å². The first-order valence-electron chi connectivity index (χ1n) is 7.56. The van der Waals surface area contributed by atoms with Crippen LogP contribution in [0.25, 0.3) is 0 Å². The summed E-state index contributed by atoms with van der Waals surface area (Å²) in [4.78, 5) is 4.04. The summed E-state index contributed by atoms with van der Waals surface area (Å²) in [6.07, 6.45) is -2.62. The van der Waals surface area contributed by atoms with E-state index in [0.717, 1.165) is 17.2 Å². The molecule has 3 rings (SSSR count). The summed E-state index contributed by atoms with van der Waals surface area (Å²) in [6.45, 7) is 3.85. The maximum absolute atomic E-state index is 14.2. The minimum Gasteiger partial charge on any atom is -0.260 e. The summed E-state index contributed by atoms with van der Waals surface area (Å²) in [7, 11) is 0. The van der Waals surface area contributed by atoms with Crippen LogP contribution < -0.4 is 0 Å². The van der Waals surface area contributed by atoms with Crippen molar-refractivity contribution in [2.45, 2.75) is 43.1 Å². The van der Waals surface area contributed by atoms with Gasteiger partial charge in [-0.15, -0.1) is 0 Å². The molecule has 24 heavy (non-hydrogen) atoms. The molecule has 0 aliphatic heterocycles. The number of hydrogen-bond donors (Lipinski definition) is 0. The van der Waals surface area contributed by atoms with Crippen molar-refractivity contribution in [3.8, 4) is 0 Å². The maximum atomic E-state index is 14.2. The van der Waals surface area contributed by atoms with Gasteiger partial charge in [-0.3, -0.25) is 4.98 Å². The molecule has 1 aliphatic rings. The Kier molecular flexibility index (Phi) is 4.22. The van der Waals surface area contributed by atoms with Crippen molar-refractivity contribution < 1.29 is 17.6 Å². The number of fused-ring (bicyclic) bond motifs is 1. The highest BCUT2D eigenvalue weighted by atomic mass is 79.9. The van der Waals surface area contributed by atoms with Crippen molar-refractivity contribution in [1.82, 2.24) is 4.98 Å². The minimum atomic E-state index is -4.46. The van der Waals surface area contributed by atoms with Gasteiger partial charge in [-0.2, -0.15) is 13.2 Å². The van der Waals surface area contributed by atoms with Crippen LogP contribution in [0.2, 0.25) is 0 Å². The van der Waals surface area contributed by atoms with E-state index < -0.39 is 23.1 Å². The van der Waals surface area contributed by atoms with Gasteiger partial charge in [0.15, 0.2) is 0 Å². The molecule has 1 heterocycles. The molecule has 1 nitrogen and oxygen atoms in total. The van der Waals surface area contributed by atoms with E-state index in [4.69, 9.17) is 0 Å². The smallest absolute Gasteiger partial charge is 0.260 e. The summed E-state index contributed by atoms with van der Waals surface area (Å²) in [6, 6.07) is 5.49. The number of hydrogen-bond acceptors (Lipinski definition) is 1. The number of nitrogens with zero attached hydrogens (tertiary/aromatic N) is 1. The van der Waals surface area contributed by atoms with E-state index in [-0.39, 0.29) is 11.5 Å². The molecular weight excluding hydrogens is 386 g/mol. The summed E-state index contributed by atoms with van der Waals surface area (Å²) in [5.74, 6) is -0.831. The number of alkyl halides is 4. The predicted octanol–water partition coefficient (Wildman–Crippen LogP) is 5.95. The topological polar surface area (TPSA) is 12.9 Å².